The van der Waals surface area contributed by atoms with E-state index in [-0.39, 0.29) is 5.84 Å². The zero-order chi connectivity index (χ0) is 23.6. The third kappa shape index (κ3) is 5.64. The number of hydrazine groups is 1. The fraction of sp³-hybridized carbons (Fsp3) is 0.0385. The van der Waals surface area contributed by atoms with E-state index in [1.54, 1.807) is 0 Å². The van der Waals surface area contributed by atoms with Crippen molar-refractivity contribution in [2.24, 2.45) is 17.4 Å². The van der Waals surface area contributed by atoms with Gasteiger partial charge in [-0.25, -0.2) is 4.98 Å². The largest absolute Gasteiger partial charge is 0.386 e. The molecule has 164 valence electrons. The summed E-state index contributed by atoms with van der Waals surface area (Å²) in [5, 5.41) is 18.3. The van der Waals surface area contributed by atoms with Gasteiger partial charge in [0.2, 0.25) is 0 Å². The monoisotopic (exact) mass is 452 g/mol. The van der Waals surface area contributed by atoms with Gasteiger partial charge in [0.15, 0.2) is 0 Å². The average molecular weight is 453 g/mol. The molecule has 7 heteroatoms. The number of hydrogen-bond acceptors (Lipinski definition) is 6. The molecule has 4 aromatic rings. The third-order valence-electron chi connectivity index (χ3n) is 4.87. The van der Waals surface area contributed by atoms with Crippen LogP contribution in [0.5, 0.6) is 0 Å². The van der Waals surface area contributed by atoms with Crippen LogP contribution in [0, 0.1) is 16.7 Å². The Morgan fingerprint density at radius 3 is 1.88 bits per heavy atom. The molecule has 0 saturated heterocycles. The quantitative estimate of drug-likeness (QED) is 0.108. The molecule has 0 bridgehead atoms. The zero-order valence-corrected chi connectivity index (χ0v) is 18.7. The van der Waals surface area contributed by atoms with Gasteiger partial charge < -0.3 is 5.73 Å². The van der Waals surface area contributed by atoms with Gasteiger partial charge >= 0.3 is 0 Å². The van der Waals surface area contributed by atoms with E-state index in [9.17, 15) is 5.26 Å². The topological polar surface area (TPSA) is 139 Å². The number of thioether (sulfide) groups is 1. The van der Waals surface area contributed by atoms with Gasteiger partial charge in [-0.1, -0.05) is 103 Å². The molecular formula is C26H24N6S. The van der Waals surface area contributed by atoms with Gasteiger partial charge in [0.25, 0.3) is 0 Å². The van der Waals surface area contributed by atoms with Crippen molar-refractivity contribution in [2.75, 3.05) is 0 Å². The van der Waals surface area contributed by atoms with Crippen molar-refractivity contribution in [1.82, 2.24) is 4.98 Å². The Bertz CT molecular complexity index is 1240. The van der Waals surface area contributed by atoms with Crippen molar-refractivity contribution in [3.8, 4) is 28.5 Å². The highest BCUT2D eigenvalue weighted by Gasteiger charge is 2.22. The van der Waals surface area contributed by atoms with Crippen LogP contribution >= 0.6 is 11.8 Å². The third-order valence-corrected chi connectivity index (χ3v) is 6.15. The predicted octanol–water partition coefficient (Wildman–Crippen LogP) is 4.88. The van der Waals surface area contributed by atoms with Gasteiger partial charge in [0.05, 0.1) is 16.5 Å². The summed E-state index contributed by atoms with van der Waals surface area (Å²) in [5.74, 6) is 8.02. The summed E-state index contributed by atoms with van der Waals surface area (Å²) in [6, 6.07) is 33.6. The number of hydrogen-bond donors (Lipinski definition) is 4. The molecule has 4 rings (SSSR count). The second-order valence-electron chi connectivity index (χ2n) is 6.94. The summed E-state index contributed by atoms with van der Waals surface area (Å²) in [4.78, 5) is 4.84. The molecule has 1 atom stereocenters. The molecule has 0 amide bonds. The van der Waals surface area contributed by atoms with E-state index in [1.807, 2.05) is 97.1 Å². The molecule has 3 aromatic carbocycles. The first-order chi connectivity index (χ1) is 16.2. The smallest absolute Gasteiger partial charge is 0.116 e. The van der Waals surface area contributed by atoms with E-state index in [4.69, 9.17) is 16.1 Å². The Morgan fingerprint density at radius 1 is 0.848 bits per heavy atom. The van der Waals surface area contributed by atoms with Crippen LogP contribution in [0.2, 0.25) is 0 Å². The summed E-state index contributed by atoms with van der Waals surface area (Å²) in [5.41, 5.74) is 10.8. The number of nitrogens with two attached hydrogens (primary N) is 3. The molecule has 0 aliphatic heterocycles. The van der Waals surface area contributed by atoms with E-state index in [1.165, 1.54) is 11.8 Å². The van der Waals surface area contributed by atoms with Crippen molar-refractivity contribution in [3.05, 3.63) is 108 Å². The van der Waals surface area contributed by atoms with Gasteiger partial charge in [-0.15, -0.1) is 0 Å². The van der Waals surface area contributed by atoms with Gasteiger partial charge in [0, 0.05) is 11.1 Å². The first-order valence-electron chi connectivity index (χ1n) is 10.1. The van der Waals surface area contributed by atoms with Gasteiger partial charge in [0.1, 0.15) is 16.9 Å². The summed E-state index contributed by atoms with van der Waals surface area (Å²) < 4.78 is 0. The highest BCUT2D eigenvalue weighted by molar-refractivity contribution is 8.00. The van der Waals surface area contributed by atoms with Crippen molar-refractivity contribution in [1.29, 1.82) is 10.7 Å². The fourth-order valence-corrected chi connectivity index (χ4v) is 4.44. The van der Waals surface area contributed by atoms with Crippen LogP contribution in [0.3, 0.4) is 0 Å². The number of benzene rings is 3. The molecule has 1 heterocycles. The van der Waals surface area contributed by atoms with Crippen molar-refractivity contribution in [2.45, 2.75) is 10.3 Å². The lowest BCUT2D eigenvalue weighted by atomic mass is 9.99. The van der Waals surface area contributed by atoms with Crippen LogP contribution in [-0.4, -0.2) is 10.8 Å². The number of amidine groups is 1. The lowest BCUT2D eigenvalue weighted by molar-refractivity contribution is 1.10. The molecule has 7 N–H and O–H groups in total. The molecule has 0 fully saturated rings. The molecule has 0 saturated carbocycles. The predicted molar refractivity (Wildman–Crippen MR) is 135 cm³/mol. The Labute approximate surface area is 197 Å². The number of aromatic nitrogens is 1. The van der Waals surface area contributed by atoms with Crippen LogP contribution < -0.4 is 17.4 Å². The maximum Gasteiger partial charge on any atom is 0.116 e. The minimum Gasteiger partial charge on any atom is -0.386 e. The highest BCUT2D eigenvalue weighted by atomic mass is 32.2. The summed E-state index contributed by atoms with van der Waals surface area (Å²) in [6.45, 7) is 0. The first kappa shape index (κ1) is 23.7. The molecule has 6 nitrogen and oxygen atoms in total. The van der Waals surface area contributed by atoms with Crippen LogP contribution in [-0.2, 0) is 0 Å². The minimum atomic E-state index is -0.435. The van der Waals surface area contributed by atoms with Gasteiger partial charge in [-0.2, -0.15) is 5.26 Å². The van der Waals surface area contributed by atoms with E-state index < -0.39 is 5.25 Å². The fourth-order valence-electron chi connectivity index (χ4n) is 3.37. The summed E-state index contributed by atoms with van der Waals surface area (Å²) >= 11 is 1.34. The Hall–Kier alpha value is -3.96. The second kappa shape index (κ2) is 11.6. The number of rotatable bonds is 6. The summed E-state index contributed by atoms with van der Waals surface area (Å²) in [6.07, 6.45) is 0. The van der Waals surface area contributed by atoms with Gasteiger partial charge in [-0.3, -0.25) is 17.1 Å². The zero-order valence-electron chi connectivity index (χ0n) is 17.8. The maximum atomic E-state index is 10.1. The molecule has 0 spiro atoms. The standard InChI is InChI=1S/C26H20N4S.H4N2/c27-17-22-21(18-10-4-1-5-11-18)16-23(19-12-6-2-7-13-19)30-26(22)31-24(25(28)29)20-14-8-3-9-15-20;1-2/h1-16,24H,(H3,28,29);1-2H2. The molecule has 1 unspecified atom stereocenters. The van der Waals surface area contributed by atoms with Crippen LogP contribution in [0.1, 0.15) is 16.4 Å². The van der Waals surface area contributed by atoms with E-state index in [0.717, 1.165) is 27.9 Å². The Morgan fingerprint density at radius 2 is 1.36 bits per heavy atom. The van der Waals surface area contributed by atoms with Crippen LogP contribution in [0.4, 0.5) is 0 Å². The minimum absolute atomic E-state index is 0.0215. The van der Waals surface area contributed by atoms with E-state index in [2.05, 4.69) is 17.8 Å². The summed E-state index contributed by atoms with van der Waals surface area (Å²) in [7, 11) is 0. The van der Waals surface area contributed by atoms with Crippen LogP contribution in [0.25, 0.3) is 22.4 Å². The number of nitrogens with zero attached hydrogens (tertiary/aromatic N) is 2. The lowest BCUT2D eigenvalue weighted by Gasteiger charge is -2.18. The molecule has 33 heavy (non-hydrogen) atoms. The van der Waals surface area contributed by atoms with Crippen molar-refractivity contribution < 1.29 is 0 Å². The Kier molecular flexibility index (Phi) is 8.33. The normalized spacial score (nSPS) is 10.9. The van der Waals surface area contributed by atoms with Crippen LogP contribution in [0.15, 0.2) is 102 Å². The van der Waals surface area contributed by atoms with Crippen molar-refractivity contribution >= 4 is 17.6 Å². The highest BCUT2D eigenvalue weighted by Crippen LogP contribution is 2.40. The average Bonchev–Trinajstić information content (AvgIpc) is 2.89. The SMILES string of the molecule is N#Cc1c(-c2ccccc2)cc(-c2ccccc2)nc1SC(C(=N)N)c1ccccc1.NN. The first-order valence-corrected chi connectivity index (χ1v) is 11.0. The molecule has 1 aromatic heterocycles. The van der Waals surface area contributed by atoms with E-state index >= 15 is 0 Å². The lowest BCUT2D eigenvalue weighted by Crippen LogP contribution is -2.18. The number of nitriles is 1. The number of nitrogens with one attached hydrogen (secondary N) is 1. The molecule has 0 aliphatic rings. The molecule has 0 aliphatic carbocycles. The Balaban J connectivity index is 0.00000149. The number of pyridine rings is 1. The molecule has 0 radical (unpaired) electrons. The second-order valence-corrected chi connectivity index (χ2v) is 8.04. The van der Waals surface area contributed by atoms with Crippen molar-refractivity contribution in [3.63, 3.8) is 0 Å². The van der Waals surface area contributed by atoms with E-state index in [0.29, 0.717) is 10.6 Å². The molecular weight excluding hydrogens is 428 g/mol. The maximum absolute atomic E-state index is 10.1. The van der Waals surface area contributed by atoms with Gasteiger partial charge in [-0.05, 0) is 17.2 Å².